The number of likely N-dealkylation sites (tertiary alicyclic amines) is 1. The highest BCUT2D eigenvalue weighted by molar-refractivity contribution is 14.0. The first kappa shape index (κ1) is 24.6. The molecule has 30 heavy (non-hydrogen) atoms. The second kappa shape index (κ2) is 13.6. The summed E-state index contributed by atoms with van der Waals surface area (Å²) < 4.78 is 1.94. The molecule has 1 aliphatic heterocycles. The molecule has 1 aromatic heterocycles. The Morgan fingerprint density at radius 3 is 2.63 bits per heavy atom. The minimum atomic E-state index is -0.104. The lowest BCUT2D eigenvalue weighted by Crippen LogP contribution is -2.40. The third-order valence-electron chi connectivity index (χ3n) is 5.26. The van der Waals surface area contributed by atoms with E-state index in [0.29, 0.717) is 6.54 Å². The molecule has 8 heteroatoms. The molecular formula is C22H35IN6O. The van der Waals surface area contributed by atoms with Crippen molar-refractivity contribution < 1.29 is 5.11 Å². The molecule has 1 fully saturated rings. The van der Waals surface area contributed by atoms with E-state index in [-0.39, 0.29) is 30.1 Å². The van der Waals surface area contributed by atoms with E-state index in [1.54, 1.807) is 6.20 Å². The van der Waals surface area contributed by atoms with Crippen LogP contribution in [0.3, 0.4) is 0 Å². The number of guanidine groups is 1. The largest absolute Gasteiger partial charge is 0.393 e. The minimum Gasteiger partial charge on any atom is -0.393 e. The molecule has 1 saturated heterocycles. The lowest BCUT2D eigenvalue weighted by molar-refractivity contribution is 0.0823. The molecule has 3 N–H and O–H groups in total. The van der Waals surface area contributed by atoms with Crippen LogP contribution in [0, 0.1) is 0 Å². The SMILES string of the molecule is CCNC(=NCc1ccccc1Cn1cccn1)NCCCN1CCC(O)CC1.I. The van der Waals surface area contributed by atoms with Crippen LogP contribution < -0.4 is 10.6 Å². The summed E-state index contributed by atoms with van der Waals surface area (Å²) in [6, 6.07) is 10.3. The zero-order valence-corrected chi connectivity index (χ0v) is 20.2. The van der Waals surface area contributed by atoms with Crippen LogP contribution in [-0.4, -0.2) is 64.6 Å². The van der Waals surface area contributed by atoms with Gasteiger partial charge >= 0.3 is 0 Å². The molecule has 0 aliphatic carbocycles. The normalized spacial score (nSPS) is 15.6. The quantitative estimate of drug-likeness (QED) is 0.203. The summed E-state index contributed by atoms with van der Waals surface area (Å²) in [7, 11) is 0. The van der Waals surface area contributed by atoms with Crippen LogP contribution >= 0.6 is 24.0 Å². The van der Waals surface area contributed by atoms with E-state index in [9.17, 15) is 5.11 Å². The maximum Gasteiger partial charge on any atom is 0.191 e. The second-order valence-corrected chi connectivity index (χ2v) is 7.52. The summed E-state index contributed by atoms with van der Waals surface area (Å²) in [5.74, 6) is 0.857. The molecule has 0 amide bonds. The van der Waals surface area contributed by atoms with Gasteiger partial charge in [0.1, 0.15) is 0 Å². The Hall–Kier alpha value is -1.65. The van der Waals surface area contributed by atoms with Gasteiger partial charge in [-0.15, -0.1) is 24.0 Å². The minimum absolute atomic E-state index is 0. The van der Waals surface area contributed by atoms with Crippen LogP contribution in [0.4, 0.5) is 0 Å². The average molecular weight is 526 g/mol. The topological polar surface area (TPSA) is 77.7 Å². The predicted octanol–water partition coefficient (Wildman–Crippen LogP) is 2.45. The number of benzene rings is 1. The fourth-order valence-corrected chi connectivity index (χ4v) is 3.59. The highest BCUT2D eigenvalue weighted by atomic mass is 127. The zero-order chi connectivity index (χ0) is 20.3. The molecule has 3 rings (SSSR count). The van der Waals surface area contributed by atoms with Crippen molar-refractivity contribution in [1.82, 2.24) is 25.3 Å². The van der Waals surface area contributed by atoms with Crippen molar-refractivity contribution in [2.75, 3.05) is 32.7 Å². The van der Waals surface area contributed by atoms with Gasteiger partial charge < -0.3 is 20.6 Å². The standard InChI is InChI=1S/C22H34N6O.HI/c1-2-23-22(24-11-5-13-27-15-9-21(29)10-16-27)25-17-19-7-3-4-8-20(19)18-28-14-6-12-26-28;/h3-4,6-8,12,14,21,29H,2,5,9-11,13,15-18H2,1H3,(H2,23,24,25);1H. The maximum absolute atomic E-state index is 9.61. The van der Waals surface area contributed by atoms with Crippen molar-refractivity contribution in [3.8, 4) is 0 Å². The molecule has 0 spiro atoms. The fourth-order valence-electron chi connectivity index (χ4n) is 3.59. The molecule has 1 aliphatic rings. The number of aliphatic imine (C=N–C) groups is 1. The van der Waals surface area contributed by atoms with Gasteiger partial charge in [0.05, 0.1) is 19.2 Å². The van der Waals surface area contributed by atoms with Gasteiger partial charge in [-0.1, -0.05) is 24.3 Å². The molecule has 166 valence electrons. The van der Waals surface area contributed by atoms with Gasteiger partial charge in [-0.25, -0.2) is 4.99 Å². The molecule has 1 aromatic carbocycles. The number of hydrogen-bond acceptors (Lipinski definition) is 4. The molecule has 0 radical (unpaired) electrons. The van der Waals surface area contributed by atoms with E-state index in [0.717, 1.165) is 64.5 Å². The first-order chi connectivity index (χ1) is 14.2. The number of hydrogen-bond donors (Lipinski definition) is 3. The third-order valence-corrected chi connectivity index (χ3v) is 5.26. The Kier molecular flexibility index (Phi) is 11.2. The Balaban J connectivity index is 0.00000320. The summed E-state index contributed by atoms with van der Waals surface area (Å²) in [4.78, 5) is 7.22. The summed E-state index contributed by atoms with van der Waals surface area (Å²) >= 11 is 0. The van der Waals surface area contributed by atoms with E-state index in [1.807, 2.05) is 16.9 Å². The van der Waals surface area contributed by atoms with E-state index in [2.05, 4.69) is 51.8 Å². The van der Waals surface area contributed by atoms with Crippen LogP contribution in [0.5, 0.6) is 0 Å². The van der Waals surface area contributed by atoms with Crippen LogP contribution in [0.25, 0.3) is 0 Å². The molecule has 2 aromatic rings. The third kappa shape index (κ3) is 8.23. The lowest BCUT2D eigenvalue weighted by atomic mass is 10.1. The van der Waals surface area contributed by atoms with E-state index in [1.165, 1.54) is 11.1 Å². The Bertz CT molecular complexity index is 744. The van der Waals surface area contributed by atoms with Gasteiger partial charge in [0, 0.05) is 38.6 Å². The maximum atomic E-state index is 9.61. The molecule has 0 saturated carbocycles. The van der Waals surface area contributed by atoms with Crippen molar-refractivity contribution in [3.05, 3.63) is 53.9 Å². The first-order valence-electron chi connectivity index (χ1n) is 10.7. The van der Waals surface area contributed by atoms with Gasteiger partial charge in [0.2, 0.25) is 0 Å². The molecule has 0 bridgehead atoms. The molecule has 7 nitrogen and oxygen atoms in total. The van der Waals surface area contributed by atoms with Gasteiger partial charge in [-0.2, -0.15) is 5.10 Å². The Morgan fingerprint density at radius 1 is 1.17 bits per heavy atom. The van der Waals surface area contributed by atoms with Gasteiger partial charge in [0.15, 0.2) is 5.96 Å². The van der Waals surface area contributed by atoms with E-state index in [4.69, 9.17) is 4.99 Å². The van der Waals surface area contributed by atoms with Crippen molar-refractivity contribution in [1.29, 1.82) is 0 Å². The number of halogens is 1. The van der Waals surface area contributed by atoms with Crippen molar-refractivity contribution >= 4 is 29.9 Å². The fraction of sp³-hybridized carbons (Fsp3) is 0.545. The number of rotatable bonds is 9. The number of aliphatic hydroxyl groups is 1. The lowest BCUT2D eigenvalue weighted by Gasteiger charge is -2.29. The molecule has 0 unspecified atom stereocenters. The van der Waals surface area contributed by atoms with Crippen molar-refractivity contribution in [2.45, 2.75) is 45.4 Å². The van der Waals surface area contributed by atoms with Crippen LogP contribution in [0.2, 0.25) is 0 Å². The number of aromatic nitrogens is 2. The van der Waals surface area contributed by atoms with Gasteiger partial charge in [0.25, 0.3) is 0 Å². The van der Waals surface area contributed by atoms with Crippen LogP contribution in [-0.2, 0) is 13.1 Å². The summed E-state index contributed by atoms with van der Waals surface area (Å²) in [5.41, 5.74) is 2.45. The summed E-state index contributed by atoms with van der Waals surface area (Å²) in [6.07, 6.45) is 6.55. The second-order valence-electron chi connectivity index (χ2n) is 7.52. The summed E-state index contributed by atoms with van der Waals surface area (Å²) in [5, 5.41) is 20.7. The highest BCUT2D eigenvalue weighted by Crippen LogP contribution is 2.12. The highest BCUT2D eigenvalue weighted by Gasteiger charge is 2.16. The summed E-state index contributed by atoms with van der Waals surface area (Å²) in [6.45, 7) is 8.27. The van der Waals surface area contributed by atoms with E-state index >= 15 is 0 Å². The Morgan fingerprint density at radius 2 is 1.93 bits per heavy atom. The van der Waals surface area contributed by atoms with Crippen molar-refractivity contribution in [3.63, 3.8) is 0 Å². The van der Waals surface area contributed by atoms with Crippen LogP contribution in [0.15, 0.2) is 47.7 Å². The van der Waals surface area contributed by atoms with Gasteiger partial charge in [-0.3, -0.25) is 4.68 Å². The molecular weight excluding hydrogens is 491 g/mol. The zero-order valence-electron chi connectivity index (χ0n) is 17.8. The number of nitrogens with zero attached hydrogens (tertiary/aromatic N) is 4. The number of nitrogens with one attached hydrogen (secondary N) is 2. The average Bonchev–Trinajstić information content (AvgIpc) is 3.24. The number of piperidine rings is 1. The van der Waals surface area contributed by atoms with Crippen molar-refractivity contribution in [2.24, 2.45) is 4.99 Å². The number of aliphatic hydroxyl groups excluding tert-OH is 1. The molecule has 0 atom stereocenters. The first-order valence-corrected chi connectivity index (χ1v) is 10.7. The predicted molar refractivity (Wildman–Crippen MR) is 132 cm³/mol. The van der Waals surface area contributed by atoms with E-state index < -0.39 is 0 Å². The monoisotopic (exact) mass is 526 g/mol. The molecule has 2 heterocycles. The van der Waals surface area contributed by atoms with Crippen LogP contribution in [0.1, 0.15) is 37.3 Å². The van der Waals surface area contributed by atoms with Gasteiger partial charge in [-0.05, 0) is 49.9 Å². The smallest absolute Gasteiger partial charge is 0.191 e. The Labute approximate surface area is 197 Å².